The lowest BCUT2D eigenvalue weighted by molar-refractivity contribution is 0.589. The molecule has 0 radical (unpaired) electrons. The van der Waals surface area contributed by atoms with Crippen LogP contribution in [0.4, 0.5) is 0 Å². The molecule has 2 aromatic heterocycles. The van der Waals surface area contributed by atoms with Crippen LogP contribution in [0, 0.1) is 13.8 Å². The summed E-state index contributed by atoms with van der Waals surface area (Å²) in [6, 6.07) is 120. The molecule has 482 valence electrons. The highest BCUT2D eigenvalue weighted by atomic mass is 31.2. The van der Waals surface area contributed by atoms with Crippen molar-refractivity contribution in [1.29, 1.82) is 0 Å². The summed E-state index contributed by atoms with van der Waals surface area (Å²) in [5, 5.41) is 19.4. The van der Waals surface area contributed by atoms with Crippen molar-refractivity contribution in [2.24, 2.45) is 0 Å². The van der Waals surface area contributed by atoms with Crippen LogP contribution in [0.3, 0.4) is 0 Å². The Labute approximate surface area is 579 Å². The van der Waals surface area contributed by atoms with Crippen LogP contribution >= 0.6 is 21.4 Å². The van der Waals surface area contributed by atoms with E-state index in [0.29, 0.717) is 0 Å². The lowest BCUT2D eigenvalue weighted by Gasteiger charge is -2.18. The average Bonchev–Trinajstić information content (AvgIpc) is 0.761. The fourth-order valence-electron chi connectivity index (χ4n) is 12.8. The summed E-state index contributed by atoms with van der Waals surface area (Å²) in [6.07, 6.45) is 0. The molecule has 0 fully saturated rings. The van der Waals surface area contributed by atoms with Gasteiger partial charge in [0, 0.05) is 53.7 Å². The molecule has 0 aliphatic rings. The Morgan fingerprint density at radius 1 is 0.242 bits per heavy atom. The predicted octanol–water partition coefficient (Wildman–Crippen LogP) is 21.5. The zero-order chi connectivity index (χ0) is 68.4. The van der Waals surface area contributed by atoms with Crippen molar-refractivity contribution in [2.45, 2.75) is 13.8 Å². The van der Waals surface area contributed by atoms with Crippen molar-refractivity contribution in [3.05, 3.63) is 369 Å². The first kappa shape index (κ1) is 66.6. The summed E-state index contributed by atoms with van der Waals surface area (Å²) in [5.41, 5.74) is 7.68. The van der Waals surface area contributed by atoms with Gasteiger partial charge in [0.25, 0.3) is 0 Å². The molecule has 15 aromatic carbocycles. The van der Waals surface area contributed by atoms with Gasteiger partial charge in [-0.3, -0.25) is 0 Å². The second kappa shape index (κ2) is 29.8. The monoisotopic (exact) mass is 1340 g/mol. The van der Waals surface area contributed by atoms with Gasteiger partial charge in [0.1, 0.15) is 27.3 Å². The molecule has 0 atom stereocenters. The zero-order valence-electron chi connectivity index (χ0n) is 56.0. The average molecular weight is 1340 g/mol. The van der Waals surface area contributed by atoms with Crippen molar-refractivity contribution < 1.29 is 13.7 Å². The number of para-hydroxylation sites is 2. The lowest BCUT2D eigenvalue weighted by atomic mass is 10.0. The van der Waals surface area contributed by atoms with Crippen molar-refractivity contribution in [1.82, 2.24) is 15.0 Å². The van der Waals surface area contributed by atoms with Gasteiger partial charge in [0.2, 0.25) is 0 Å². The molecule has 17 rings (SSSR count). The first-order valence-corrected chi connectivity index (χ1v) is 39.6. The van der Waals surface area contributed by atoms with Crippen molar-refractivity contribution in [3.8, 4) is 22.5 Å². The Hall–Kier alpha value is -11.0. The molecule has 99 heavy (non-hydrogen) atoms. The van der Waals surface area contributed by atoms with Crippen LogP contribution in [0.1, 0.15) is 11.4 Å². The van der Waals surface area contributed by atoms with E-state index in [1.165, 1.54) is 38.1 Å². The number of aryl methyl sites for hydroxylation is 2. The lowest BCUT2D eigenvalue weighted by Crippen LogP contribution is -2.16. The fourth-order valence-corrected chi connectivity index (χ4v) is 18.6. The van der Waals surface area contributed by atoms with Crippen molar-refractivity contribution in [2.75, 3.05) is 20.0 Å². The number of aromatic nitrogens is 3. The van der Waals surface area contributed by atoms with Gasteiger partial charge in [-0.2, -0.15) is 0 Å². The SMILES string of the molecule is CP(=O)(c1ccc2ccccc2c1)c1ccc2ccccc2c1.CP(=O)(c1cccc2ccccc12)c1cccc2ccccc12.CP(=O)(c1ccccc1)c1ccccc1.Cc1cc(-c2ccccc2)nc2ccccc12.Cc1nc(-c2ccc3ccccc3c2)c2ccccc2n1. The highest BCUT2D eigenvalue weighted by molar-refractivity contribution is 7.79. The Kier molecular flexibility index (Phi) is 20.1. The van der Waals surface area contributed by atoms with E-state index in [2.05, 4.69) is 187 Å². The van der Waals surface area contributed by atoms with Crippen LogP contribution in [0.2, 0.25) is 0 Å². The number of pyridine rings is 1. The second-order valence-electron chi connectivity index (χ2n) is 24.9. The van der Waals surface area contributed by atoms with E-state index in [1.54, 1.807) is 0 Å². The first-order chi connectivity index (χ1) is 48.2. The van der Waals surface area contributed by atoms with Gasteiger partial charge in [-0.25, -0.2) is 15.0 Å². The van der Waals surface area contributed by atoms with Crippen LogP contribution in [0.15, 0.2) is 358 Å². The van der Waals surface area contributed by atoms with E-state index in [4.69, 9.17) is 4.98 Å². The van der Waals surface area contributed by atoms with Gasteiger partial charge in [-0.1, -0.05) is 322 Å². The highest BCUT2D eigenvalue weighted by Gasteiger charge is 2.26. The minimum atomic E-state index is -2.69. The minimum absolute atomic E-state index is 0.803. The maximum atomic E-state index is 13.8. The van der Waals surface area contributed by atoms with Crippen LogP contribution in [0.5, 0.6) is 0 Å². The number of fused-ring (bicyclic) bond motifs is 7. The van der Waals surface area contributed by atoms with E-state index in [1.807, 2.05) is 215 Å². The molecular formula is C90H74N3O3P3. The molecule has 0 saturated heterocycles. The first-order valence-electron chi connectivity index (χ1n) is 33.1. The number of nitrogens with zero attached hydrogens (tertiary/aromatic N) is 3. The number of hydrogen-bond donors (Lipinski definition) is 0. The summed E-state index contributed by atoms with van der Waals surface area (Å²) in [4.78, 5) is 13.9. The van der Waals surface area contributed by atoms with Crippen LogP contribution in [-0.4, -0.2) is 34.9 Å². The molecule has 0 N–H and O–H groups in total. The molecule has 0 bridgehead atoms. The van der Waals surface area contributed by atoms with Gasteiger partial charge >= 0.3 is 0 Å². The summed E-state index contributed by atoms with van der Waals surface area (Å²) in [6.45, 7) is 9.64. The molecule has 0 amide bonds. The third kappa shape index (κ3) is 15.0. The fraction of sp³-hybridized carbons (Fsp3) is 0.0556. The van der Waals surface area contributed by atoms with Gasteiger partial charge < -0.3 is 13.7 Å². The van der Waals surface area contributed by atoms with Crippen LogP contribution in [-0.2, 0) is 13.7 Å². The highest BCUT2D eigenvalue weighted by Crippen LogP contribution is 2.44. The third-order valence-electron chi connectivity index (χ3n) is 18.1. The van der Waals surface area contributed by atoms with Gasteiger partial charge in [-0.05, 0) is 130 Å². The second-order valence-corrected chi connectivity index (χ2v) is 33.5. The molecule has 17 aromatic rings. The molecule has 0 aliphatic heterocycles. The molecule has 0 unspecified atom stereocenters. The minimum Gasteiger partial charge on any atom is -0.314 e. The predicted molar refractivity (Wildman–Crippen MR) is 426 cm³/mol. The van der Waals surface area contributed by atoms with Crippen LogP contribution in [0.25, 0.3) is 98.2 Å². The van der Waals surface area contributed by atoms with E-state index in [-0.39, 0.29) is 0 Å². The standard InChI is InChI=1S/2C21H17OP.C19H14N2.C16H13N.C13H13OP/c1-23(22,20-14-6-10-16-8-2-4-12-18(16)20)21-15-7-11-17-9-3-5-13-19(17)21;1-23(22,20-12-10-16-6-2-4-8-18(16)14-20)21-13-11-17-7-3-5-9-19(17)15-21;1-13-20-18-9-5-4-8-17(18)19(21-13)16-11-10-14-6-2-3-7-15(14)12-16;1-12-11-16(13-7-3-2-4-8-13)17-15-10-6-5-9-14(12)15;1-15(14,12-8-4-2-5-9-12)13-10-6-3-7-11-13/h2*2-15H,1H3;2-12H,1H3;2-11H,1H3;2-11H,1H3. The Bertz CT molecular complexity index is 5670. The van der Waals surface area contributed by atoms with Crippen molar-refractivity contribution >= 4 is 129 Å². The van der Waals surface area contributed by atoms with Crippen molar-refractivity contribution in [3.63, 3.8) is 0 Å². The number of rotatable bonds is 8. The maximum Gasteiger partial charge on any atom is 0.141 e. The Balaban J connectivity index is 0.000000112. The zero-order valence-corrected chi connectivity index (χ0v) is 58.7. The molecule has 6 nitrogen and oxygen atoms in total. The normalized spacial score (nSPS) is 11.4. The van der Waals surface area contributed by atoms with Gasteiger partial charge in [0.15, 0.2) is 0 Å². The summed E-state index contributed by atoms with van der Waals surface area (Å²) >= 11 is 0. The molecular weight excluding hydrogens is 1260 g/mol. The molecule has 0 saturated carbocycles. The molecule has 0 spiro atoms. The summed E-state index contributed by atoms with van der Waals surface area (Å²) in [7, 11) is -7.69. The van der Waals surface area contributed by atoms with E-state index in [9.17, 15) is 13.7 Å². The molecule has 9 heteroatoms. The van der Waals surface area contributed by atoms with E-state index in [0.717, 1.165) is 103 Å². The Morgan fingerprint density at radius 3 is 1.10 bits per heavy atom. The third-order valence-corrected chi connectivity index (χ3v) is 25.8. The quantitative estimate of drug-likeness (QED) is 0.141. The number of benzene rings is 15. The Morgan fingerprint density at radius 2 is 0.606 bits per heavy atom. The topological polar surface area (TPSA) is 89.9 Å². The van der Waals surface area contributed by atoms with E-state index < -0.39 is 21.4 Å². The molecule has 2 heterocycles. The smallest absolute Gasteiger partial charge is 0.141 e. The summed E-state index contributed by atoms with van der Waals surface area (Å²) < 4.78 is 40.0. The van der Waals surface area contributed by atoms with Gasteiger partial charge in [0.05, 0.1) is 22.4 Å². The molecule has 0 aliphatic carbocycles. The summed E-state index contributed by atoms with van der Waals surface area (Å²) in [5.74, 6) is 0.803. The van der Waals surface area contributed by atoms with E-state index >= 15 is 0 Å². The van der Waals surface area contributed by atoms with Gasteiger partial charge in [-0.15, -0.1) is 0 Å². The van der Waals surface area contributed by atoms with Crippen LogP contribution < -0.4 is 31.8 Å². The number of hydrogen-bond acceptors (Lipinski definition) is 6. The largest absolute Gasteiger partial charge is 0.314 e. The maximum absolute atomic E-state index is 13.8.